The smallest absolute Gasteiger partial charge is 0.321 e. The predicted octanol–water partition coefficient (Wildman–Crippen LogP) is 3.31. The zero-order chi connectivity index (χ0) is 11.3. The highest BCUT2D eigenvalue weighted by atomic mass is 35.5. The van der Waals surface area contributed by atoms with Crippen molar-refractivity contribution in [1.82, 2.24) is 0 Å². The van der Waals surface area contributed by atoms with Crippen molar-refractivity contribution in [3.05, 3.63) is 35.9 Å². The van der Waals surface area contributed by atoms with Gasteiger partial charge in [-0.1, -0.05) is 30.3 Å². The number of esters is 1. The molecule has 0 aliphatic rings. The average molecular weight is 268 g/mol. The van der Waals surface area contributed by atoms with Gasteiger partial charge in [0.15, 0.2) is 6.10 Å². The molecule has 2 nitrogen and oxygen atoms in total. The van der Waals surface area contributed by atoms with Crippen molar-refractivity contribution in [2.24, 2.45) is 0 Å². The van der Waals surface area contributed by atoms with E-state index >= 15 is 0 Å². The first kappa shape index (κ1) is 12.6. The zero-order valence-corrected chi connectivity index (χ0v) is 9.97. The molecule has 1 aromatic carbocycles. The molecule has 1 rings (SSSR count). The van der Waals surface area contributed by atoms with Crippen LogP contribution in [-0.4, -0.2) is 16.7 Å². The van der Waals surface area contributed by atoms with E-state index in [1.54, 1.807) is 12.1 Å². The molecule has 1 atom stereocenters. The molecule has 0 radical (unpaired) electrons. The summed E-state index contributed by atoms with van der Waals surface area (Å²) in [6.45, 7) is 0. The molecule has 1 unspecified atom stereocenters. The minimum absolute atomic E-state index is 0.218. The summed E-state index contributed by atoms with van der Waals surface area (Å²) in [4.78, 5) is 10.2. The summed E-state index contributed by atoms with van der Waals surface area (Å²) in [5, 5.41) is 0. The van der Waals surface area contributed by atoms with Crippen LogP contribution in [0.4, 0.5) is 0 Å². The lowest BCUT2D eigenvalue weighted by Crippen LogP contribution is -2.17. The third kappa shape index (κ3) is 3.90. The Morgan fingerprint density at radius 2 is 1.87 bits per heavy atom. The van der Waals surface area contributed by atoms with Crippen LogP contribution in [0.3, 0.4) is 0 Å². The van der Waals surface area contributed by atoms with Gasteiger partial charge < -0.3 is 4.74 Å². The van der Waals surface area contributed by atoms with E-state index in [0.29, 0.717) is 0 Å². The van der Waals surface area contributed by atoms with Crippen molar-refractivity contribution in [3.63, 3.8) is 0 Å². The Balaban J connectivity index is 2.79. The molecule has 0 heterocycles. The van der Waals surface area contributed by atoms with Crippen LogP contribution >= 0.6 is 34.8 Å². The van der Waals surface area contributed by atoms with E-state index in [1.165, 1.54) is 0 Å². The highest BCUT2D eigenvalue weighted by Crippen LogP contribution is 2.27. The molecule has 0 N–H and O–H groups in total. The van der Waals surface area contributed by atoms with E-state index in [4.69, 9.17) is 39.5 Å². The Hall–Kier alpha value is -0.440. The summed E-state index contributed by atoms with van der Waals surface area (Å²) in [6.07, 6.45) is -0.680. The third-order valence-corrected chi connectivity index (χ3v) is 2.40. The molecule has 0 aromatic heterocycles. The quantitative estimate of drug-likeness (QED) is 0.618. The minimum Gasteiger partial charge on any atom is -0.454 e. The van der Waals surface area contributed by atoms with Crippen LogP contribution in [0.2, 0.25) is 0 Å². The van der Waals surface area contributed by atoms with Crippen LogP contribution in [0, 0.1) is 0 Å². The molecule has 0 saturated heterocycles. The van der Waals surface area contributed by atoms with Crippen molar-refractivity contribution in [2.45, 2.75) is 10.9 Å². The molecule has 5 heteroatoms. The molecule has 0 aliphatic carbocycles. The largest absolute Gasteiger partial charge is 0.454 e. The van der Waals surface area contributed by atoms with Crippen LogP contribution in [0.25, 0.3) is 0 Å². The van der Waals surface area contributed by atoms with Gasteiger partial charge in [0, 0.05) is 0 Å². The molecular formula is C10H9Cl3O2. The number of benzene rings is 1. The maximum Gasteiger partial charge on any atom is 0.321 e. The molecule has 0 fully saturated rings. The van der Waals surface area contributed by atoms with Crippen molar-refractivity contribution in [1.29, 1.82) is 0 Å². The molecule has 1 aromatic rings. The fourth-order valence-electron chi connectivity index (χ4n) is 1.08. The lowest BCUT2D eigenvalue weighted by molar-refractivity contribution is -0.145. The Morgan fingerprint density at radius 3 is 2.33 bits per heavy atom. The first-order chi connectivity index (χ1) is 7.15. The molecule has 15 heavy (non-hydrogen) atoms. The van der Waals surface area contributed by atoms with Gasteiger partial charge in [-0.05, 0) is 5.56 Å². The maximum atomic E-state index is 11.0. The second kappa shape index (κ2) is 6.21. The average Bonchev–Trinajstić information content (AvgIpc) is 2.26. The monoisotopic (exact) mass is 266 g/mol. The lowest BCUT2D eigenvalue weighted by atomic mass is 10.1. The standard InChI is InChI=1S/C10H9Cl3O2/c11-6-8(14)15-9(10(12)13)7-4-2-1-3-5-7/h1-5,9-10H,6H2. The number of hydrogen-bond donors (Lipinski definition) is 0. The summed E-state index contributed by atoms with van der Waals surface area (Å²) < 4.78 is 5.01. The number of ether oxygens (including phenoxy) is 1. The van der Waals surface area contributed by atoms with Gasteiger partial charge in [-0.3, -0.25) is 4.79 Å². The SMILES string of the molecule is O=C(CCl)OC(c1ccccc1)C(Cl)Cl. The molecule has 82 valence electrons. The predicted molar refractivity (Wildman–Crippen MR) is 61.5 cm³/mol. The van der Waals surface area contributed by atoms with E-state index in [-0.39, 0.29) is 5.88 Å². The van der Waals surface area contributed by atoms with Gasteiger partial charge in [-0.15, -0.1) is 34.8 Å². The fourth-order valence-corrected chi connectivity index (χ4v) is 1.54. The number of hydrogen-bond acceptors (Lipinski definition) is 2. The highest BCUT2D eigenvalue weighted by Gasteiger charge is 2.22. The molecular weight excluding hydrogens is 258 g/mol. The van der Waals surface area contributed by atoms with Crippen molar-refractivity contribution in [2.75, 3.05) is 5.88 Å². The number of carbonyl (C=O) groups excluding carboxylic acids is 1. The van der Waals surface area contributed by atoms with E-state index in [0.717, 1.165) is 5.56 Å². The van der Waals surface area contributed by atoms with E-state index < -0.39 is 16.9 Å². The van der Waals surface area contributed by atoms with Gasteiger partial charge in [-0.25, -0.2) is 0 Å². The number of rotatable bonds is 4. The Bertz CT molecular complexity index is 314. The molecule has 0 amide bonds. The van der Waals surface area contributed by atoms with Crippen LogP contribution < -0.4 is 0 Å². The van der Waals surface area contributed by atoms with Crippen LogP contribution in [-0.2, 0) is 9.53 Å². The topological polar surface area (TPSA) is 26.3 Å². The molecule has 0 aliphatic heterocycles. The second-order valence-electron chi connectivity index (χ2n) is 2.79. The van der Waals surface area contributed by atoms with Crippen molar-refractivity contribution < 1.29 is 9.53 Å². The number of carbonyl (C=O) groups is 1. The second-order valence-corrected chi connectivity index (χ2v) is 4.22. The highest BCUT2D eigenvalue weighted by molar-refractivity contribution is 6.44. The lowest BCUT2D eigenvalue weighted by Gasteiger charge is -2.18. The summed E-state index contributed by atoms with van der Waals surface area (Å²) in [5.74, 6) is -0.763. The molecule has 0 saturated carbocycles. The summed E-state index contributed by atoms with van der Waals surface area (Å²) in [5.41, 5.74) is 0.742. The summed E-state index contributed by atoms with van der Waals surface area (Å²) in [7, 11) is 0. The van der Waals surface area contributed by atoms with Crippen molar-refractivity contribution >= 4 is 40.8 Å². The summed E-state index contributed by atoms with van der Waals surface area (Å²) >= 11 is 16.8. The minimum atomic E-state index is -0.820. The fraction of sp³-hybridized carbons (Fsp3) is 0.300. The van der Waals surface area contributed by atoms with Crippen LogP contribution in [0.1, 0.15) is 11.7 Å². The maximum absolute atomic E-state index is 11.0. The first-order valence-electron chi connectivity index (χ1n) is 4.23. The van der Waals surface area contributed by atoms with Gasteiger partial charge in [0.25, 0.3) is 0 Å². The van der Waals surface area contributed by atoms with Gasteiger partial charge in [0.05, 0.1) is 0 Å². The van der Waals surface area contributed by atoms with E-state index in [2.05, 4.69) is 0 Å². The number of halogens is 3. The Labute approximate surface area is 103 Å². The Morgan fingerprint density at radius 1 is 1.27 bits per heavy atom. The summed E-state index contributed by atoms with van der Waals surface area (Å²) in [6, 6.07) is 9.04. The van der Waals surface area contributed by atoms with Gasteiger partial charge in [-0.2, -0.15) is 0 Å². The van der Waals surface area contributed by atoms with Gasteiger partial charge in [0.1, 0.15) is 10.7 Å². The van der Waals surface area contributed by atoms with Crippen LogP contribution in [0.15, 0.2) is 30.3 Å². The normalized spacial score (nSPS) is 12.5. The zero-order valence-electron chi connectivity index (χ0n) is 7.70. The third-order valence-electron chi connectivity index (χ3n) is 1.72. The first-order valence-corrected chi connectivity index (χ1v) is 5.64. The van der Waals surface area contributed by atoms with E-state index in [1.807, 2.05) is 18.2 Å². The van der Waals surface area contributed by atoms with Crippen molar-refractivity contribution in [3.8, 4) is 0 Å². The Kier molecular flexibility index (Phi) is 5.23. The molecule has 0 bridgehead atoms. The number of alkyl halides is 3. The molecule has 0 spiro atoms. The van der Waals surface area contributed by atoms with Gasteiger partial charge >= 0.3 is 5.97 Å². The van der Waals surface area contributed by atoms with Crippen LogP contribution in [0.5, 0.6) is 0 Å². The van der Waals surface area contributed by atoms with Gasteiger partial charge in [0.2, 0.25) is 0 Å². The van der Waals surface area contributed by atoms with E-state index in [9.17, 15) is 4.79 Å².